The number of ether oxygens (including phenoxy) is 3. The van der Waals surface area contributed by atoms with E-state index in [1.807, 2.05) is 55.3 Å². The van der Waals surface area contributed by atoms with Crippen LogP contribution in [0.4, 0.5) is 0 Å². The van der Waals surface area contributed by atoms with Crippen molar-refractivity contribution in [2.75, 3.05) is 20.8 Å². The molecule has 2 aromatic rings. The molecule has 0 atom stereocenters. The molecule has 0 amide bonds. The first-order chi connectivity index (χ1) is 15.2. The Kier molecular flexibility index (Phi) is 12.7. The Bertz CT molecular complexity index is 789. The highest BCUT2D eigenvalue weighted by Crippen LogP contribution is 2.12. The number of nitrogens with one attached hydrogen (secondary N) is 2. The van der Waals surface area contributed by atoms with E-state index in [1.54, 1.807) is 20.4 Å². The van der Waals surface area contributed by atoms with E-state index >= 15 is 0 Å². The summed E-state index contributed by atoms with van der Waals surface area (Å²) in [5, 5.41) is 6.35. The first kappa shape index (κ1) is 25.6. The first-order valence-corrected chi connectivity index (χ1v) is 10.1. The number of esters is 1. The van der Waals surface area contributed by atoms with Crippen molar-refractivity contribution in [1.82, 2.24) is 10.6 Å². The molecule has 2 aromatic carbocycles. The van der Waals surface area contributed by atoms with Crippen LogP contribution in [0.15, 0.2) is 60.4 Å². The summed E-state index contributed by atoms with van der Waals surface area (Å²) in [6.45, 7) is 5.56. The molecule has 0 unspecified atom stereocenters. The van der Waals surface area contributed by atoms with Gasteiger partial charge in [0.1, 0.15) is 24.0 Å². The van der Waals surface area contributed by atoms with E-state index < -0.39 is 0 Å². The van der Waals surface area contributed by atoms with Gasteiger partial charge in [-0.15, -0.1) is 0 Å². The summed E-state index contributed by atoms with van der Waals surface area (Å²) in [7, 11) is 3.27. The molecule has 2 rings (SSSR count). The van der Waals surface area contributed by atoms with E-state index in [-0.39, 0.29) is 5.97 Å². The zero-order valence-corrected chi connectivity index (χ0v) is 18.5. The molecule has 0 radical (unpaired) electrons. The Labute approximate surface area is 184 Å². The van der Waals surface area contributed by atoms with Gasteiger partial charge in [-0.2, -0.15) is 0 Å². The van der Waals surface area contributed by atoms with Gasteiger partial charge in [0.15, 0.2) is 0 Å². The van der Waals surface area contributed by atoms with E-state index in [2.05, 4.69) is 17.6 Å². The lowest BCUT2D eigenvalue weighted by atomic mass is 10.2. The number of unbranched alkanes of at least 4 members (excludes halogenated alkanes) is 1. The molecule has 0 spiro atoms. The van der Waals surface area contributed by atoms with E-state index in [9.17, 15) is 4.79 Å². The standard InChI is InChI=1S/C23H30N2O4.CH2O/c1-4-5-14-29-23(26)22(25-16-19-8-12-21(28-3)13-9-19)17-24-15-18-6-10-20(27-2)11-7-18;1-2/h6-13,17,24-25H,4-5,14-16H2,1-3H3;1H2/b22-17-;. The highest BCUT2D eigenvalue weighted by Gasteiger charge is 2.11. The highest BCUT2D eigenvalue weighted by molar-refractivity contribution is 5.87. The van der Waals surface area contributed by atoms with Crippen LogP contribution < -0.4 is 20.1 Å². The summed E-state index contributed by atoms with van der Waals surface area (Å²) in [6, 6.07) is 15.5. The molecule has 2 N–H and O–H groups in total. The van der Waals surface area contributed by atoms with E-state index in [0.29, 0.717) is 25.4 Å². The van der Waals surface area contributed by atoms with Gasteiger partial charge in [-0.1, -0.05) is 37.6 Å². The Morgan fingerprint density at radius 3 is 1.90 bits per heavy atom. The fourth-order valence-electron chi connectivity index (χ4n) is 2.52. The number of rotatable bonds is 12. The maximum absolute atomic E-state index is 12.4. The molecular weight excluding hydrogens is 396 g/mol. The quantitative estimate of drug-likeness (QED) is 0.304. The highest BCUT2D eigenvalue weighted by atomic mass is 16.5. The van der Waals surface area contributed by atoms with Crippen LogP contribution in [0, 0.1) is 0 Å². The topological polar surface area (TPSA) is 85.9 Å². The molecule has 7 heteroatoms. The van der Waals surface area contributed by atoms with Gasteiger partial charge in [-0.25, -0.2) is 4.79 Å². The van der Waals surface area contributed by atoms with Crippen molar-refractivity contribution in [3.63, 3.8) is 0 Å². The van der Waals surface area contributed by atoms with Crippen LogP contribution in [0.1, 0.15) is 30.9 Å². The van der Waals surface area contributed by atoms with Gasteiger partial charge in [0.2, 0.25) is 0 Å². The smallest absolute Gasteiger partial charge is 0.355 e. The Balaban J connectivity index is 0.00000233. The third-order valence-electron chi connectivity index (χ3n) is 4.30. The minimum atomic E-state index is -0.366. The van der Waals surface area contributed by atoms with Crippen molar-refractivity contribution < 1.29 is 23.8 Å². The van der Waals surface area contributed by atoms with E-state index in [1.165, 1.54) is 0 Å². The van der Waals surface area contributed by atoms with Crippen LogP contribution in [0.25, 0.3) is 0 Å². The zero-order chi connectivity index (χ0) is 22.9. The van der Waals surface area contributed by atoms with Crippen LogP contribution in [0.3, 0.4) is 0 Å². The van der Waals surface area contributed by atoms with Gasteiger partial charge in [0, 0.05) is 19.3 Å². The maximum Gasteiger partial charge on any atom is 0.355 e. The third-order valence-corrected chi connectivity index (χ3v) is 4.30. The monoisotopic (exact) mass is 428 g/mol. The second kappa shape index (κ2) is 15.4. The molecule has 0 aliphatic carbocycles. The largest absolute Gasteiger partial charge is 0.497 e. The van der Waals surface area contributed by atoms with Gasteiger partial charge in [-0.3, -0.25) is 0 Å². The lowest BCUT2D eigenvalue weighted by molar-refractivity contribution is -0.139. The summed E-state index contributed by atoms with van der Waals surface area (Å²) in [5.41, 5.74) is 2.51. The molecular formula is C24H32N2O5. The van der Waals surface area contributed by atoms with Crippen LogP contribution in [0.5, 0.6) is 11.5 Å². The maximum atomic E-state index is 12.4. The number of methoxy groups -OCH3 is 2. The van der Waals surface area contributed by atoms with Crippen molar-refractivity contribution in [1.29, 1.82) is 0 Å². The summed E-state index contributed by atoms with van der Waals surface area (Å²) in [6.07, 6.45) is 3.49. The predicted molar refractivity (Wildman–Crippen MR) is 121 cm³/mol. The van der Waals surface area contributed by atoms with Crippen molar-refractivity contribution >= 4 is 12.8 Å². The van der Waals surface area contributed by atoms with Gasteiger partial charge >= 0.3 is 5.97 Å². The van der Waals surface area contributed by atoms with Crippen molar-refractivity contribution in [3.8, 4) is 11.5 Å². The summed E-state index contributed by atoms with van der Waals surface area (Å²) < 4.78 is 15.7. The lowest BCUT2D eigenvalue weighted by Crippen LogP contribution is -2.25. The van der Waals surface area contributed by atoms with Gasteiger partial charge < -0.3 is 29.6 Å². The van der Waals surface area contributed by atoms with Crippen molar-refractivity contribution in [2.24, 2.45) is 0 Å². The second-order valence-corrected chi connectivity index (χ2v) is 6.48. The Morgan fingerprint density at radius 1 is 0.903 bits per heavy atom. The van der Waals surface area contributed by atoms with E-state index in [0.717, 1.165) is 35.5 Å². The molecule has 0 aromatic heterocycles. The minimum Gasteiger partial charge on any atom is -0.497 e. The third kappa shape index (κ3) is 9.71. The molecule has 0 saturated heterocycles. The minimum absolute atomic E-state index is 0.366. The number of carbonyl (C=O) groups is 2. The van der Waals surface area contributed by atoms with Crippen molar-refractivity contribution in [2.45, 2.75) is 32.9 Å². The molecule has 0 heterocycles. The van der Waals surface area contributed by atoms with Crippen LogP contribution in [-0.4, -0.2) is 33.6 Å². The van der Waals surface area contributed by atoms with Crippen molar-refractivity contribution in [3.05, 3.63) is 71.6 Å². The van der Waals surface area contributed by atoms with Gasteiger partial charge in [0.25, 0.3) is 0 Å². The number of benzene rings is 2. The molecule has 7 nitrogen and oxygen atoms in total. The summed E-state index contributed by atoms with van der Waals surface area (Å²) >= 11 is 0. The average Bonchev–Trinajstić information content (AvgIpc) is 2.83. The molecule has 0 aliphatic rings. The predicted octanol–water partition coefficient (Wildman–Crippen LogP) is 3.58. The summed E-state index contributed by atoms with van der Waals surface area (Å²) in [4.78, 5) is 20.4. The molecule has 0 aliphatic heterocycles. The number of carbonyl (C=O) groups excluding carboxylic acids is 2. The second-order valence-electron chi connectivity index (χ2n) is 6.48. The lowest BCUT2D eigenvalue weighted by Gasteiger charge is -2.12. The first-order valence-electron chi connectivity index (χ1n) is 10.1. The molecule has 0 saturated carbocycles. The molecule has 31 heavy (non-hydrogen) atoms. The normalized spacial score (nSPS) is 10.4. The fraction of sp³-hybridized carbons (Fsp3) is 0.333. The fourth-order valence-corrected chi connectivity index (χ4v) is 2.52. The molecule has 0 fully saturated rings. The zero-order valence-electron chi connectivity index (χ0n) is 18.5. The Morgan fingerprint density at radius 2 is 1.42 bits per heavy atom. The molecule has 168 valence electrons. The van der Waals surface area contributed by atoms with Crippen LogP contribution >= 0.6 is 0 Å². The Hall–Kier alpha value is -3.48. The SMILES string of the molecule is C=O.CCCCOC(=O)/C(=C/NCc1ccc(OC)cc1)NCc1ccc(OC)cc1. The van der Waals surface area contributed by atoms with E-state index in [4.69, 9.17) is 19.0 Å². The van der Waals surface area contributed by atoms with Gasteiger partial charge in [0.05, 0.1) is 20.8 Å². The number of hydrogen-bond acceptors (Lipinski definition) is 7. The summed E-state index contributed by atoms with van der Waals surface area (Å²) in [5.74, 6) is 1.24. The number of hydrogen-bond donors (Lipinski definition) is 2. The van der Waals surface area contributed by atoms with Crippen LogP contribution in [0.2, 0.25) is 0 Å². The van der Waals surface area contributed by atoms with Gasteiger partial charge in [-0.05, 0) is 41.8 Å². The molecule has 0 bridgehead atoms. The average molecular weight is 429 g/mol. The van der Waals surface area contributed by atoms with Crippen LogP contribution in [-0.2, 0) is 27.4 Å².